The fraction of sp³-hybridized carbons (Fsp3) is 0. The topological polar surface area (TPSA) is 55.1 Å². The summed E-state index contributed by atoms with van der Waals surface area (Å²) in [5.41, 5.74) is 7.19. The lowest BCUT2D eigenvalue weighted by molar-refractivity contribution is 0.100. The Bertz CT molecular complexity index is 540. The third-order valence-corrected chi connectivity index (χ3v) is 2.53. The summed E-state index contributed by atoms with van der Waals surface area (Å²) in [7, 11) is 0. The second-order valence-corrected chi connectivity index (χ2v) is 3.98. The van der Waals surface area contributed by atoms with E-state index in [1.165, 1.54) is 0 Å². The van der Waals surface area contributed by atoms with E-state index >= 15 is 0 Å². The molecule has 0 spiro atoms. The van der Waals surface area contributed by atoms with Gasteiger partial charge in [-0.1, -0.05) is 29.8 Å². The predicted molar refractivity (Wildman–Crippen MR) is 69.7 cm³/mol. The number of hydrogen-bond donors (Lipinski definition) is 2. The number of rotatable bonds is 3. The molecule has 0 atom stereocenters. The Hall–Kier alpha value is -2.00. The first-order chi connectivity index (χ1) is 8.16. The van der Waals surface area contributed by atoms with E-state index in [2.05, 4.69) is 5.32 Å². The number of nitrogens with one attached hydrogen (secondary N) is 1. The van der Waals surface area contributed by atoms with Gasteiger partial charge in [-0.05, 0) is 30.3 Å². The summed E-state index contributed by atoms with van der Waals surface area (Å²) in [5.74, 6) is -0.486. The van der Waals surface area contributed by atoms with Crippen molar-refractivity contribution in [1.29, 1.82) is 0 Å². The van der Waals surface area contributed by atoms with E-state index < -0.39 is 5.91 Å². The van der Waals surface area contributed by atoms with Gasteiger partial charge >= 0.3 is 0 Å². The molecule has 0 radical (unpaired) electrons. The van der Waals surface area contributed by atoms with Crippen molar-refractivity contribution in [3.8, 4) is 0 Å². The highest BCUT2D eigenvalue weighted by Crippen LogP contribution is 2.24. The fourth-order valence-electron chi connectivity index (χ4n) is 1.51. The summed E-state index contributed by atoms with van der Waals surface area (Å²) in [6.07, 6.45) is 0. The minimum atomic E-state index is -0.486. The van der Waals surface area contributed by atoms with Crippen molar-refractivity contribution in [2.24, 2.45) is 5.73 Å². The van der Waals surface area contributed by atoms with Crippen molar-refractivity contribution in [2.75, 3.05) is 5.32 Å². The van der Waals surface area contributed by atoms with Crippen LogP contribution < -0.4 is 11.1 Å². The summed E-state index contributed by atoms with van der Waals surface area (Å²) in [5, 5.41) is 3.66. The van der Waals surface area contributed by atoms with E-state index in [9.17, 15) is 4.79 Å². The van der Waals surface area contributed by atoms with E-state index in [0.29, 0.717) is 16.3 Å². The number of benzene rings is 2. The lowest BCUT2D eigenvalue weighted by Crippen LogP contribution is -2.13. The highest BCUT2D eigenvalue weighted by molar-refractivity contribution is 6.31. The zero-order valence-electron chi connectivity index (χ0n) is 8.98. The van der Waals surface area contributed by atoms with Gasteiger partial charge in [-0.25, -0.2) is 0 Å². The van der Waals surface area contributed by atoms with E-state index in [-0.39, 0.29) is 0 Å². The number of halogens is 1. The predicted octanol–water partition coefficient (Wildman–Crippen LogP) is 3.18. The minimum absolute atomic E-state index is 0.415. The molecule has 0 aromatic heterocycles. The summed E-state index contributed by atoms with van der Waals surface area (Å²) in [4.78, 5) is 11.3. The molecule has 2 rings (SSSR count). The average Bonchev–Trinajstić information content (AvgIpc) is 2.30. The van der Waals surface area contributed by atoms with Crippen LogP contribution in [0.1, 0.15) is 10.4 Å². The van der Waals surface area contributed by atoms with Crippen LogP contribution in [0.15, 0.2) is 48.5 Å². The van der Waals surface area contributed by atoms with Gasteiger partial charge in [-0.2, -0.15) is 0 Å². The van der Waals surface area contributed by atoms with Gasteiger partial charge in [0.25, 0.3) is 5.91 Å². The lowest BCUT2D eigenvalue weighted by atomic mass is 10.1. The second kappa shape index (κ2) is 4.89. The first-order valence-corrected chi connectivity index (χ1v) is 5.46. The van der Waals surface area contributed by atoms with Gasteiger partial charge in [0.05, 0.1) is 11.3 Å². The van der Waals surface area contributed by atoms with Crippen molar-refractivity contribution in [3.63, 3.8) is 0 Å². The largest absolute Gasteiger partial charge is 0.366 e. The third kappa shape index (κ3) is 2.77. The van der Waals surface area contributed by atoms with Gasteiger partial charge in [-0.15, -0.1) is 0 Å². The van der Waals surface area contributed by atoms with Crippen molar-refractivity contribution >= 4 is 28.9 Å². The molecule has 2 aromatic carbocycles. The van der Waals surface area contributed by atoms with Crippen LogP contribution >= 0.6 is 11.6 Å². The normalized spacial score (nSPS) is 9.94. The summed E-state index contributed by atoms with van der Waals surface area (Å²) in [6, 6.07) is 14.4. The van der Waals surface area contributed by atoms with Crippen LogP contribution in [0.25, 0.3) is 0 Å². The Kier molecular flexibility index (Phi) is 3.30. The zero-order valence-corrected chi connectivity index (χ0v) is 9.74. The van der Waals surface area contributed by atoms with E-state index in [0.717, 1.165) is 5.69 Å². The Morgan fingerprint density at radius 2 is 1.82 bits per heavy atom. The highest BCUT2D eigenvalue weighted by Gasteiger charge is 2.08. The molecule has 0 aliphatic rings. The molecule has 4 heteroatoms. The van der Waals surface area contributed by atoms with E-state index in [1.807, 2.05) is 30.3 Å². The Labute approximate surface area is 104 Å². The molecule has 17 heavy (non-hydrogen) atoms. The summed E-state index contributed by atoms with van der Waals surface area (Å²) < 4.78 is 0. The number of nitrogens with two attached hydrogens (primary N) is 1. The molecule has 0 saturated heterocycles. The van der Waals surface area contributed by atoms with Crippen molar-refractivity contribution in [2.45, 2.75) is 0 Å². The lowest BCUT2D eigenvalue weighted by Gasteiger charge is -2.10. The number of anilines is 2. The number of primary amides is 1. The number of carbonyl (C=O) groups is 1. The molecule has 1 amide bonds. The molecule has 0 saturated carbocycles. The van der Waals surface area contributed by atoms with Crippen molar-refractivity contribution in [1.82, 2.24) is 0 Å². The van der Waals surface area contributed by atoms with Gasteiger partial charge in [0.15, 0.2) is 0 Å². The molecule has 0 bridgehead atoms. The number of carbonyl (C=O) groups excluding carboxylic acids is 1. The third-order valence-electron chi connectivity index (χ3n) is 2.30. The monoisotopic (exact) mass is 246 g/mol. The average molecular weight is 247 g/mol. The Morgan fingerprint density at radius 1 is 1.12 bits per heavy atom. The van der Waals surface area contributed by atoms with E-state index in [1.54, 1.807) is 18.2 Å². The molecule has 0 aliphatic carbocycles. The molecular formula is C13H11ClN2O. The van der Waals surface area contributed by atoms with Crippen molar-refractivity contribution in [3.05, 3.63) is 59.1 Å². The van der Waals surface area contributed by atoms with Crippen LogP contribution in [0.2, 0.25) is 5.02 Å². The smallest absolute Gasteiger partial charge is 0.250 e. The molecule has 2 aromatic rings. The fourth-order valence-corrected chi connectivity index (χ4v) is 1.68. The minimum Gasteiger partial charge on any atom is -0.366 e. The number of amides is 1. The maximum absolute atomic E-state index is 11.3. The molecule has 3 N–H and O–H groups in total. The quantitative estimate of drug-likeness (QED) is 0.874. The summed E-state index contributed by atoms with van der Waals surface area (Å²) in [6.45, 7) is 0. The van der Waals surface area contributed by atoms with Crippen LogP contribution in [0.5, 0.6) is 0 Å². The van der Waals surface area contributed by atoms with Crippen molar-refractivity contribution < 1.29 is 4.79 Å². The van der Waals surface area contributed by atoms with Gasteiger partial charge < -0.3 is 11.1 Å². The first-order valence-electron chi connectivity index (χ1n) is 5.08. The number of para-hydroxylation sites is 1. The van der Waals surface area contributed by atoms with Gasteiger partial charge in [0.1, 0.15) is 0 Å². The van der Waals surface area contributed by atoms with Crippen LogP contribution in [0.3, 0.4) is 0 Å². The Balaban J connectivity index is 2.37. The van der Waals surface area contributed by atoms with Crippen LogP contribution in [-0.2, 0) is 0 Å². The highest BCUT2D eigenvalue weighted by atomic mass is 35.5. The zero-order chi connectivity index (χ0) is 12.3. The molecule has 0 fully saturated rings. The maximum Gasteiger partial charge on any atom is 0.250 e. The molecule has 3 nitrogen and oxygen atoms in total. The number of hydrogen-bond acceptors (Lipinski definition) is 2. The SMILES string of the molecule is NC(=O)c1ccc(Cl)cc1Nc1ccccc1. The first kappa shape index (κ1) is 11.5. The summed E-state index contributed by atoms with van der Waals surface area (Å²) >= 11 is 5.90. The molecule has 0 heterocycles. The van der Waals surface area contributed by atoms with Gasteiger partial charge in [0, 0.05) is 10.7 Å². The van der Waals surface area contributed by atoms with Crippen LogP contribution in [0.4, 0.5) is 11.4 Å². The standard InChI is InChI=1S/C13H11ClN2O/c14-9-6-7-11(13(15)17)12(8-9)16-10-4-2-1-3-5-10/h1-8,16H,(H2,15,17). The second-order valence-electron chi connectivity index (χ2n) is 3.55. The molecule has 0 unspecified atom stereocenters. The van der Waals surface area contributed by atoms with Gasteiger partial charge in [-0.3, -0.25) is 4.79 Å². The van der Waals surface area contributed by atoms with E-state index in [4.69, 9.17) is 17.3 Å². The van der Waals surface area contributed by atoms with Crippen LogP contribution in [-0.4, -0.2) is 5.91 Å². The van der Waals surface area contributed by atoms with Crippen LogP contribution in [0, 0.1) is 0 Å². The maximum atomic E-state index is 11.3. The molecule has 86 valence electrons. The molecular weight excluding hydrogens is 236 g/mol. The molecule has 0 aliphatic heterocycles. The Morgan fingerprint density at radius 3 is 2.47 bits per heavy atom. The van der Waals surface area contributed by atoms with Gasteiger partial charge in [0.2, 0.25) is 0 Å².